The molecule has 1 nitrogen and oxygen atoms in total. The average Bonchev–Trinajstić information content (AvgIpc) is 2.29. The molecule has 0 unspecified atom stereocenters. The minimum atomic E-state index is 0.721. The molecule has 0 saturated heterocycles. The van der Waals surface area contributed by atoms with Crippen molar-refractivity contribution >= 4 is 15.9 Å². The van der Waals surface area contributed by atoms with E-state index in [1.165, 1.54) is 60.5 Å². The highest BCUT2D eigenvalue weighted by Gasteiger charge is 2.11. The van der Waals surface area contributed by atoms with Crippen molar-refractivity contribution in [3.63, 3.8) is 0 Å². The van der Waals surface area contributed by atoms with Crippen molar-refractivity contribution in [1.82, 2.24) is 5.32 Å². The van der Waals surface area contributed by atoms with Crippen molar-refractivity contribution in [3.8, 4) is 0 Å². The number of hydrogen-bond acceptors (Lipinski definition) is 1. The summed E-state index contributed by atoms with van der Waals surface area (Å²) < 4.78 is 1.24. The third kappa shape index (κ3) is 4.40. The summed E-state index contributed by atoms with van der Waals surface area (Å²) >= 11 is 3.66. The van der Waals surface area contributed by atoms with Gasteiger partial charge in [-0.1, -0.05) is 60.2 Å². The van der Waals surface area contributed by atoms with Gasteiger partial charge in [0.1, 0.15) is 0 Å². The maximum absolute atomic E-state index is 3.74. The third-order valence-electron chi connectivity index (χ3n) is 3.89. The van der Waals surface area contributed by atoms with Crippen LogP contribution >= 0.6 is 15.9 Å². The Kier molecular flexibility index (Phi) is 5.71. The second kappa shape index (κ2) is 7.30. The highest BCUT2D eigenvalue weighted by molar-refractivity contribution is 9.10. The van der Waals surface area contributed by atoms with Crippen LogP contribution in [-0.2, 0) is 6.54 Å². The molecule has 0 bridgehead atoms. The van der Waals surface area contributed by atoms with E-state index in [1.807, 2.05) is 0 Å². The van der Waals surface area contributed by atoms with E-state index >= 15 is 0 Å². The minimum absolute atomic E-state index is 0.721. The van der Waals surface area contributed by atoms with Gasteiger partial charge in [-0.25, -0.2) is 0 Å². The van der Waals surface area contributed by atoms with Crippen LogP contribution in [0.5, 0.6) is 0 Å². The Bertz CT molecular complexity index is 367. The molecule has 1 aromatic rings. The highest BCUT2D eigenvalue weighted by Crippen LogP contribution is 2.20. The zero-order valence-corrected chi connectivity index (χ0v) is 12.9. The van der Waals surface area contributed by atoms with Gasteiger partial charge in [0, 0.05) is 17.1 Å². The third-order valence-corrected chi connectivity index (χ3v) is 4.63. The van der Waals surface area contributed by atoms with Crippen LogP contribution in [0.25, 0.3) is 0 Å². The monoisotopic (exact) mass is 309 g/mol. The smallest absolute Gasteiger partial charge is 0.0222 e. The normalized spacial score (nSPS) is 18.3. The summed E-state index contributed by atoms with van der Waals surface area (Å²) in [6.07, 6.45) is 9.78. The molecule has 0 aliphatic heterocycles. The number of halogens is 1. The Morgan fingerprint density at radius 3 is 2.44 bits per heavy atom. The molecule has 1 aliphatic carbocycles. The van der Waals surface area contributed by atoms with Crippen molar-refractivity contribution in [3.05, 3.63) is 33.8 Å². The molecular weight excluding hydrogens is 286 g/mol. The first kappa shape index (κ1) is 14.1. The summed E-state index contributed by atoms with van der Waals surface area (Å²) in [5, 5.41) is 3.74. The Labute approximate surface area is 119 Å². The molecule has 0 radical (unpaired) electrons. The molecule has 100 valence electrons. The Balaban J connectivity index is 1.85. The first-order valence-corrected chi connectivity index (χ1v) is 8.03. The Hall–Kier alpha value is -0.340. The van der Waals surface area contributed by atoms with Crippen LogP contribution in [0.15, 0.2) is 22.7 Å². The van der Waals surface area contributed by atoms with E-state index in [4.69, 9.17) is 0 Å². The van der Waals surface area contributed by atoms with Gasteiger partial charge >= 0.3 is 0 Å². The van der Waals surface area contributed by atoms with Crippen molar-refractivity contribution in [2.45, 2.75) is 64.5 Å². The molecule has 0 spiro atoms. The molecular formula is C16H24BrN. The molecule has 1 fully saturated rings. The molecule has 1 aromatic carbocycles. The first-order valence-electron chi connectivity index (χ1n) is 7.24. The van der Waals surface area contributed by atoms with Gasteiger partial charge in [-0.2, -0.15) is 0 Å². The second-order valence-corrected chi connectivity index (χ2v) is 6.37. The number of nitrogens with one attached hydrogen (secondary N) is 1. The Morgan fingerprint density at radius 2 is 1.78 bits per heavy atom. The summed E-state index contributed by atoms with van der Waals surface area (Å²) in [7, 11) is 0. The second-order valence-electron chi connectivity index (χ2n) is 5.52. The van der Waals surface area contributed by atoms with Crippen LogP contribution in [0.1, 0.15) is 56.1 Å². The topological polar surface area (TPSA) is 12.0 Å². The summed E-state index contributed by atoms with van der Waals surface area (Å²) in [5.41, 5.74) is 2.69. The maximum Gasteiger partial charge on any atom is 0.0222 e. The number of benzene rings is 1. The SMILES string of the molecule is Cc1ccc(CNC2CCCCCCC2)c(Br)c1. The quantitative estimate of drug-likeness (QED) is 0.832. The van der Waals surface area contributed by atoms with E-state index < -0.39 is 0 Å². The van der Waals surface area contributed by atoms with E-state index in [0.717, 1.165) is 12.6 Å². The molecule has 18 heavy (non-hydrogen) atoms. The largest absolute Gasteiger partial charge is 0.310 e. The van der Waals surface area contributed by atoms with Gasteiger partial charge in [0.05, 0.1) is 0 Å². The van der Waals surface area contributed by atoms with E-state index in [-0.39, 0.29) is 0 Å². The van der Waals surface area contributed by atoms with Crippen LogP contribution < -0.4 is 5.32 Å². The van der Waals surface area contributed by atoms with Crippen LogP contribution in [-0.4, -0.2) is 6.04 Å². The zero-order valence-electron chi connectivity index (χ0n) is 11.3. The fraction of sp³-hybridized carbons (Fsp3) is 0.625. The van der Waals surface area contributed by atoms with Crippen molar-refractivity contribution in [1.29, 1.82) is 0 Å². The molecule has 1 aliphatic rings. The predicted molar refractivity (Wildman–Crippen MR) is 81.8 cm³/mol. The summed E-state index contributed by atoms with van der Waals surface area (Å²) in [6.45, 7) is 3.13. The van der Waals surface area contributed by atoms with Crippen LogP contribution in [0.3, 0.4) is 0 Å². The Morgan fingerprint density at radius 1 is 1.11 bits per heavy atom. The van der Waals surface area contributed by atoms with E-state index in [2.05, 4.69) is 46.4 Å². The fourth-order valence-corrected chi connectivity index (χ4v) is 3.34. The number of hydrogen-bond donors (Lipinski definition) is 1. The van der Waals surface area contributed by atoms with Gasteiger partial charge in [-0.05, 0) is 37.0 Å². The average molecular weight is 310 g/mol. The molecule has 2 heteroatoms. The van der Waals surface area contributed by atoms with Crippen LogP contribution in [0.2, 0.25) is 0 Å². The predicted octanol–water partition coefficient (Wildman–Crippen LogP) is 4.96. The standard InChI is InChI=1S/C16H24BrN/c1-13-9-10-14(16(17)11-13)12-18-15-7-5-3-2-4-6-8-15/h9-11,15,18H,2-8,12H2,1H3. The summed E-state index contributed by atoms with van der Waals surface area (Å²) in [6, 6.07) is 7.35. The molecule has 0 heterocycles. The van der Waals surface area contributed by atoms with Crippen molar-refractivity contribution < 1.29 is 0 Å². The van der Waals surface area contributed by atoms with Gasteiger partial charge in [0.25, 0.3) is 0 Å². The van der Waals surface area contributed by atoms with E-state index in [0.29, 0.717) is 0 Å². The summed E-state index contributed by atoms with van der Waals surface area (Å²) in [5.74, 6) is 0. The molecule has 1 N–H and O–H groups in total. The first-order chi connectivity index (χ1) is 8.75. The lowest BCUT2D eigenvalue weighted by Gasteiger charge is -2.21. The van der Waals surface area contributed by atoms with Crippen LogP contribution in [0.4, 0.5) is 0 Å². The highest BCUT2D eigenvalue weighted by atomic mass is 79.9. The lowest BCUT2D eigenvalue weighted by molar-refractivity contribution is 0.389. The van der Waals surface area contributed by atoms with Crippen LogP contribution in [0, 0.1) is 6.92 Å². The van der Waals surface area contributed by atoms with Crippen molar-refractivity contribution in [2.75, 3.05) is 0 Å². The number of rotatable bonds is 3. The fourth-order valence-electron chi connectivity index (χ4n) is 2.71. The lowest BCUT2D eigenvalue weighted by Crippen LogP contribution is -2.29. The molecule has 1 saturated carbocycles. The van der Waals surface area contributed by atoms with Gasteiger partial charge in [-0.3, -0.25) is 0 Å². The molecule has 2 rings (SSSR count). The zero-order chi connectivity index (χ0) is 12.8. The lowest BCUT2D eigenvalue weighted by atomic mass is 9.96. The summed E-state index contributed by atoms with van der Waals surface area (Å²) in [4.78, 5) is 0. The van der Waals surface area contributed by atoms with Gasteiger partial charge in [-0.15, -0.1) is 0 Å². The van der Waals surface area contributed by atoms with Gasteiger partial charge in [0.2, 0.25) is 0 Å². The van der Waals surface area contributed by atoms with Gasteiger partial charge in [0.15, 0.2) is 0 Å². The molecule has 0 amide bonds. The van der Waals surface area contributed by atoms with E-state index in [1.54, 1.807) is 0 Å². The molecule has 0 atom stereocenters. The molecule has 0 aromatic heterocycles. The number of aryl methyl sites for hydroxylation is 1. The van der Waals surface area contributed by atoms with Crippen molar-refractivity contribution in [2.24, 2.45) is 0 Å². The maximum atomic E-state index is 3.74. The minimum Gasteiger partial charge on any atom is -0.310 e. The van der Waals surface area contributed by atoms with E-state index in [9.17, 15) is 0 Å². The van der Waals surface area contributed by atoms with Gasteiger partial charge < -0.3 is 5.32 Å².